The lowest BCUT2D eigenvalue weighted by Crippen LogP contribution is -2.27. The van der Waals surface area contributed by atoms with Crippen molar-refractivity contribution in [3.8, 4) is 0 Å². The van der Waals surface area contributed by atoms with Gasteiger partial charge in [-0.3, -0.25) is 4.79 Å². The number of unbranched alkanes of at least 4 members (excludes halogenated alkanes) is 4. The van der Waals surface area contributed by atoms with Gasteiger partial charge >= 0.3 is 0 Å². The van der Waals surface area contributed by atoms with E-state index in [1.54, 1.807) is 6.08 Å². The Bertz CT molecular complexity index is 268. The van der Waals surface area contributed by atoms with Crippen molar-refractivity contribution in [1.82, 2.24) is 5.32 Å². The monoisotopic (exact) mass is 251 g/mol. The molecule has 18 heavy (non-hydrogen) atoms. The first-order chi connectivity index (χ1) is 8.83. The van der Waals surface area contributed by atoms with E-state index in [2.05, 4.69) is 11.9 Å². The minimum atomic E-state index is 0.0213. The van der Waals surface area contributed by atoms with Gasteiger partial charge in [0.15, 0.2) is 0 Å². The van der Waals surface area contributed by atoms with Crippen LogP contribution in [0.1, 0.15) is 38.5 Å². The van der Waals surface area contributed by atoms with E-state index in [4.69, 9.17) is 4.74 Å². The topological polar surface area (TPSA) is 38.3 Å². The summed E-state index contributed by atoms with van der Waals surface area (Å²) in [7, 11) is 0. The van der Waals surface area contributed by atoms with Crippen LogP contribution in [-0.2, 0) is 9.53 Å². The molecule has 1 atom stereocenters. The third kappa shape index (κ3) is 7.28. The highest BCUT2D eigenvalue weighted by molar-refractivity contribution is 5.87. The zero-order valence-electron chi connectivity index (χ0n) is 11.2. The molecule has 1 aliphatic heterocycles. The molecule has 1 unspecified atom stereocenters. The molecule has 3 nitrogen and oxygen atoms in total. The van der Waals surface area contributed by atoms with Gasteiger partial charge in [-0.25, -0.2) is 0 Å². The first-order valence-corrected chi connectivity index (χ1v) is 6.96. The van der Waals surface area contributed by atoms with Crippen LogP contribution in [0.15, 0.2) is 24.8 Å². The predicted molar refractivity (Wildman–Crippen MR) is 74.4 cm³/mol. The fourth-order valence-corrected chi connectivity index (χ4v) is 1.97. The van der Waals surface area contributed by atoms with Crippen LogP contribution in [0.25, 0.3) is 0 Å². The van der Waals surface area contributed by atoms with E-state index < -0.39 is 0 Å². The number of nitrogens with one attached hydrogen (secondary N) is 1. The molecule has 0 spiro atoms. The normalized spacial score (nSPS) is 19.2. The van der Waals surface area contributed by atoms with Gasteiger partial charge in [0.1, 0.15) is 0 Å². The maximum Gasteiger partial charge on any atom is 0.243 e. The number of rotatable bonds is 9. The van der Waals surface area contributed by atoms with Gasteiger partial charge in [-0.2, -0.15) is 0 Å². The molecule has 0 bridgehead atoms. The lowest BCUT2D eigenvalue weighted by Gasteiger charge is -2.07. The Labute approximate surface area is 110 Å². The van der Waals surface area contributed by atoms with Crippen molar-refractivity contribution in [1.29, 1.82) is 0 Å². The van der Waals surface area contributed by atoms with E-state index in [1.165, 1.54) is 12.8 Å². The fraction of sp³-hybridized carbons (Fsp3) is 0.667. The predicted octanol–water partition coefficient (Wildman–Crippen LogP) is 2.83. The molecule has 1 fully saturated rings. The van der Waals surface area contributed by atoms with E-state index >= 15 is 0 Å². The van der Waals surface area contributed by atoms with Gasteiger partial charge in [0.25, 0.3) is 0 Å². The Kier molecular flexibility index (Phi) is 8.23. The second-order valence-electron chi connectivity index (χ2n) is 4.80. The summed E-state index contributed by atoms with van der Waals surface area (Å²) in [5.74, 6) is 0.522. The van der Waals surface area contributed by atoms with Crippen LogP contribution in [0.3, 0.4) is 0 Å². The van der Waals surface area contributed by atoms with E-state index in [9.17, 15) is 4.79 Å². The standard InChI is InChI=1S/C15H25NO2/c1-2-3-4-5-6-7-8-9-15(17)16-12-14-10-11-18-13-14/h2,8-9,14H,1,3-7,10-13H2,(H,16,17). The van der Waals surface area contributed by atoms with Crippen LogP contribution < -0.4 is 5.32 Å². The summed E-state index contributed by atoms with van der Waals surface area (Å²) in [4.78, 5) is 11.5. The van der Waals surface area contributed by atoms with Gasteiger partial charge in [0.05, 0.1) is 6.61 Å². The number of ether oxygens (including phenoxy) is 1. The van der Waals surface area contributed by atoms with Gasteiger partial charge in [0, 0.05) is 19.1 Å². The van der Waals surface area contributed by atoms with Gasteiger partial charge in [-0.15, -0.1) is 6.58 Å². The van der Waals surface area contributed by atoms with Crippen molar-refractivity contribution in [2.24, 2.45) is 5.92 Å². The molecule has 0 aromatic carbocycles. The molecule has 1 aliphatic rings. The summed E-state index contributed by atoms with van der Waals surface area (Å²) < 4.78 is 5.26. The maximum absolute atomic E-state index is 11.5. The molecule has 1 saturated heterocycles. The van der Waals surface area contributed by atoms with E-state index in [0.29, 0.717) is 5.92 Å². The fourth-order valence-electron chi connectivity index (χ4n) is 1.97. The lowest BCUT2D eigenvalue weighted by molar-refractivity contribution is -0.116. The number of amides is 1. The first kappa shape index (κ1) is 15.0. The SMILES string of the molecule is C=CCCCCCC=CC(=O)NCC1CCOC1. The average Bonchev–Trinajstić information content (AvgIpc) is 2.88. The Morgan fingerprint density at radius 2 is 2.17 bits per heavy atom. The summed E-state index contributed by atoms with van der Waals surface area (Å²) in [5, 5.41) is 2.92. The molecule has 1 amide bonds. The molecule has 0 aromatic heterocycles. The van der Waals surface area contributed by atoms with Gasteiger partial charge in [-0.05, 0) is 38.2 Å². The summed E-state index contributed by atoms with van der Waals surface area (Å²) in [6, 6.07) is 0. The highest BCUT2D eigenvalue weighted by Crippen LogP contribution is 2.10. The molecule has 0 aliphatic carbocycles. The smallest absolute Gasteiger partial charge is 0.243 e. The van der Waals surface area contributed by atoms with Gasteiger partial charge in [-0.1, -0.05) is 18.6 Å². The third-order valence-corrected chi connectivity index (χ3v) is 3.14. The van der Waals surface area contributed by atoms with Crippen LogP contribution in [0.4, 0.5) is 0 Å². The van der Waals surface area contributed by atoms with Crippen LogP contribution in [-0.4, -0.2) is 25.7 Å². The van der Waals surface area contributed by atoms with Crippen molar-refractivity contribution in [3.63, 3.8) is 0 Å². The van der Waals surface area contributed by atoms with Crippen molar-refractivity contribution >= 4 is 5.91 Å². The van der Waals surface area contributed by atoms with Crippen molar-refractivity contribution in [3.05, 3.63) is 24.8 Å². The van der Waals surface area contributed by atoms with Gasteiger partial charge < -0.3 is 10.1 Å². The number of carbonyl (C=O) groups is 1. The zero-order chi connectivity index (χ0) is 13.1. The molecule has 0 radical (unpaired) electrons. The minimum absolute atomic E-state index is 0.0213. The Morgan fingerprint density at radius 3 is 2.89 bits per heavy atom. The molecule has 1 heterocycles. The Morgan fingerprint density at radius 1 is 1.33 bits per heavy atom. The highest BCUT2D eigenvalue weighted by atomic mass is 16.5. The summed E-state index contributed by atoms with van der Waals surface area (Å²) in [5.41, 5.74) is 0. The zero-order valence-corrected chi connectivity index (χ0v) is 11.2. The van der Waals surface area contributed by atoms with Gasteiger partial charge in [0.2, 0.25) is 5.91 Å². The summed E-state index contributed by atoms with van der Waals surface area (Å²) in [6.45, 7) is 6.05. The molecule has 3 heteroatoms. The van der Waals surface area contributed by atoms with E-state index in [1.807, 2.05) is 12.2 Å². The average molecular weight is 251 g/mol. The largest absolute Gasteiger partial charge is 0.381 e. The van der Waals surface area contributed by atoms with E-state index in [0.717, 1.165) is 45.4 Å². The molecular formula is C15H25NO2. The number of hydrogen-bond donors (Lipinski definition) is 1. The molecule has 0 saturated carbocycles. The van der Waals surface area contributed by atoms with Crippen molar-refractivity contribution < 1.29 is 9.53 Å². The summed E-state index contributed by atoms with van der Waals surface area (Å²) >= 11 is 0. The Balaban J connectivity index is 1.95. The van der Waals surface area contributed by atoms with Crippen molar-refractivity contribution in [2.75, 3.05) is 19.8 Å². The quantitative estimate of drug-likeness (QED) is 0.389. The number of hydrogen-bond acceptors (Lipinski definition) is 2. The van der Waals surface area contributed by atoms with E-state index in [-0.39, 0.29) is 5.91 Å². The second-order valence-corrected chi connectivity index (χ2v) is 4.80. The van der Waals surface area contributed by atoms with Crippen LogP contribution in [0, 0.1) is 5.92 Å². The summed E-state index contributed by atoms with van der Waals surface area (Å²) in [6.07, 6.45) is 12.3. The Hall–Kier alpha value is -1.09. The molecule has 1 rings (SSSR count). The molecule has 102 valence electrons. The minimum Gasteiger partial charge on any atom is -0.381 e. The molecular weight excluding hydrogens is 226 g/mol. The van der Waals surface area contributed by atoms with Crippen LogP contribution in [0.5, 0.6) is 0 Å². The lowest BCUT2D eigenvalue weighted by atomic mass is 10.1. The van der Waals surface area contributed by atoms with Crippen LogP contribution in [0.2, 0.25) is 0 Å². The molecule has 0 aromatic rings. The van der Waals surface area contributed by atoms with Crippen molar-refractivity contribution in [2.45, 2.75) is 38.5 Å². The maximum atomic E-state index is 11.5. The third-order valence-electron chi connectivity index (χ3n) is 3.14. The number of allylic oxidation sites excluding steroid dienone is 2. The molecule has 1 N–H and O–H groups in total. The first-order valence-electron chi connectivity index (χ1n) is 6.96. The van der Waals surface area contributed by atoms with Crippen LogP contribution >= 0.6 is 0 Å². The number of carbonyl (C=O) groups excluding carboxylic acids is 1. The highest BCUT2D eigenvalue weighted by Gasteiger charge is 2.15. The second kappa shape index (κ2) is 9.89.